The number of aryl methyl sites for hydroxylation is 1. The van der Waals surface area contributed by atoms with Gasteiger partial charge in [0.1, 0.15) is 17.2 Å². The van der Waals surface area contributed by atoms with Crippen LogP contribution in [-0.2, 0) is 6.42 Å². The van der Waals surface area contributed by atoms with Crippen LogP contribution in [0, 0.1) is 24.5 Å². The van der Waals surface area contributed by atoms with Gasteiger partial charge < -0.3 is 10.2 Å². The third-order valence-corrected chi connectivity index (χ3v) is 6.05. The lowest BCUT2D eigenvalue weighted by Crippen LogP contribution is -2.19. The molecule has 158 valence electrons. The Morgan fingerprint density at radius 1 is 1.07 bits per heavy atom. The summed E-state index contributed by atoms with van der Waals surface area (Å²) in [5.41, 5.74) is 4.32. The van der Waals surface area contributed by atoms with Crippen LogP contribution in [0.1, 0.15) is 53.6 Å². The number of hydrogen-bond acceptors (Lipinski definition) is 3. The molecule has 2 aromatic rings. The van der Waals surface area contributed by atoms with Crippen molar-refractivity contribution in [3.05, 3.63) is 52.6 Å². The van der Waals surface area contributed by atoms with Crippen molar-refractivity contribution in [2.45, 2.75) is 45.4 Å². The Balaban J connectivity index is 1.65. The van der Waals surface area contributed by atoms with Crippen molar-refractivity contribution in [2.24, 2.45) is 10.9 Å². The highest BCUT2D eigenvalue weighted by molar-refractivity contribution is 6.07. The average Bonchev–Trinajstić information content (AvgIpc) is 3.10. The molecule has 1 fully saturated rings. The van der Waals surface area contributed by atoms with E-state index in [1.807, 2.05) is 31.1 Å². The monoisotopic (exact) mass is 411 g/mol. The van der Waals surface area contributed by atoms with E-state index in [1.54, 1.807) is 6.92 Å². The lowest BCUT2D eigenvalue weighted by atomic mass is 9.84. The molecule has 1 aliphatic carbocycles. The fourth-order valence-corrected chi connectivity index (χ4v) is 4.50. The van der Waals surface area contributed by atoms with Crippen molar-refractivity contribution in [2.75, 3.05) is 24.3 Å². The van der Waals surface area contributed by atoms with Crippen LogP contribution in [0.5, 0.6) is 0 Å². The van der Waals surface area contributed by atoms with E-state index in [9.17, 15) is 13.6 Å². The molecule has 30 heavy (non-hydrogen) atoms. The van der Waals surface area contributed by atoms with E-state index in [0.29, 0.717) is 17.2 Å². The molecule has 4 rings (SSSR count). The third kappa shape index (κ3) is 3.95. The number of rotatable bonds is 4. The summed E-state index contributed by atoms with van der Waals surface area (Å²) in [6.07, 6.45) is 6.99. The Labute approximate surface area is 176 Å². The van der Waals surface area contributed by atoms with E-state index in [2.05, 4.69) is 5.32 Å². The largest absolute Gasteiger partial charge is 0.376 e. The Kier molecular flexibility index (Phi) is 5.58. The summed E-state index contributed by atoms with van der Waals surface area (Å²) in [6.45, 7) is 1.58. The number of nitrogens with one attached hydrogen (secondary N) is 1. The van der Waals surface area contributed by atoms with Crippen LogP contribution < -0.4 is 10.2 Å². The fourth-order valence-electron chi connectivity index (χ4n) is 4.50. The lowest BCUT2D eigenvalue weighted by Gasteiger charge is -2.21. The van der Waals surface area contributed by atoms with Gasteiger partial charge in [-0.2, -0.15) is 0 Å². The number of hydrogen-bond donors (Lipinski definition) is 1. The van der Waals surface area contributed by atoms with Crippen LogP contribution in [0.2, 0.25) is 0 Å². The summed E-state index contributed by atoms with van der Waals surface area (Å²) in [6, 6.07) is 6.16. The number of halogens is 2. The molecule has 1 saturated carbocycles. The molecule has 1 aliphatic heterocycles. The van der Waals surface area contributed by atoms with E-state index in [1.165, 1.54) is 37.8 Å². The summed E-state index contributed by atoms with van der Waals surface area (Å²) in [7, 11) is 3.75. The Bertz CT molecular complexity index is 1000. The average molecular weight is 411 g/mol. The van der Waals surface area contributed by atoms with E-state index in [-0.39, 0.29) is 0 Å². The first-order chi connectivity index (χ1) is 14.3. The van der Waals surface area contributed by atoms with Crippen molar-refractivity contribution in [1.29, 1.82) is 0 Å². The zero-order chi connectivity index (χ0) is 21.4. The molecular weight excluding hydrogens is 384 g/mol. The van der Waals surface area contributed by atoms with Crippen LogP contribution in [-0.4, -0.2) is 25.7 Å². The van der Waals surface area contributed by atoms with Gasteiger partial charge in [0, 0.05) is 26.2 Å². The Morgan fingerprint density at radius 2 is 1.73 bits per heavy atom. The molecule has 1 heterocycles. The molecule has 0 radical (unpaired) electrons. The number of nitrogens with zero attached hydrogens (tertiary/aromatic N) is 2. The minimum atomic E-state index is -0.866. The first-order valence-corrected chi connectivity index (χ1v) is 10.5. The quantitative estimate of drug-likeness (QED) is 0.691. The molecular formula is C24H27F2N3O. The normalized spacial score (nSPS) is 16.2. The number of anilines is 2. The smallest absolute Gasteiger partial charge is 0.261 e. The summed E-state index contributed by atoms with van der Waals surface area (Å²) in [5.74, 6) is -2.00. The lowest BCUT2D eigenvalue weighted by molar-refractivity contribution is 0.101. The molecule has 6 heteroatoms. The molecule has 1 N–H and O–H groups in total. The van der Waals surface area contributed by atoms with Gasteiger partial charge in [0.2, 0.25) is 0 Å². The molecule has 0 atom stereocenters. The molecule has 1 amide bonds. The topological polar surface area (TPSA) is 44.7 Å². The first kappa shape index (κ1) is 20.5. The SMILES string of the molecule is Cc1cc(F)c(C(=O)Nc2cc3c(cc2N(C)C)CC(C2CCCCC2)=N3)c(F)c1. The number of fused-ring (bicyclic) bond motifs is 1. The van der Waals surface area contributed by atoms with Gasteiger partial charge in [-0.25, -0.2) is 8.78 Å². The van der Waals surface area contributed by atoms with Gasteiger partial charge in [0.15, 0.2) is 0 Å². The second-order valence-electron chi connectivity index (χ2n) is 8.57. The Morgan fingerprint density at radius 3 is 2.37 bits per heavy atom. The molecule has 0 aromatic heterocycles. The van der Waals surface area contributed by atoms with Gasteiger partial charge in [-0.05, 0) is 61.1 Å². The number of carbonyl (C=O) groups excluding carboxylic acids is 1. The van der Waals surface area contributed by atoms with E-state index in [0.717, 1.165) is 35.5 Å². The Hall–Kier alpha value is -2.76. The van der Waals surface area contributed by atoms with Crippen LogP contribution in [0.4, 0.5) is 25.8 Å². The second-order valence-corrected chi connectivity index (χ2v) is 8.57. The maximum Gasteiger partial charge on any atom is 0.261 e. The first-order valence-electron chi connectivity index (χ1n) is 10.5. The molecule has 0 spiro atoms. The van der Waals surface area contributed by atoms with Gasteiger partial charge in [-0.3, -0.25) is 9.79 Å². The van der Waals surface area contributed by atoms with Crippen molar-refractivity contribution < 1.29 is 13.6 Å². The van der Waals surface area contributed by atoms with Gasteiger partial charge in [-0.15, -0.1) is 0 Å². The predicted molar refractivity (Wildman–Crippen MR) is 117 cm³/mol. The molecule has 2 aliphatic rings. The molecule has 0 saturated heterocycles. The number of benzene rings is 2. The zero-order valence-corrected chi connectivity index (χ0v) is 17.7. The fraction of sp³-hybridized carbons (Fsp3) is 0.417. The van der Waals surface area contributed by atoms with Crippen molar-refractivity contribution in [3.8, 4) is 0 Å². The highest BCUT2D eigenvalue weighted by Gasteiger charge is 2.26. The number of aliphatic imine (C=N–C) groups is 1. The molecule has 0 bridgehead atoms. The van der Waals surface area contributed by atoms with Gasteiger partial charge >= 0.3 is 0 Å². The number of carbonyl (C=O) groups is 1. The molecule has 0 unspecified atom stereocenters. The van der Waals surface area contributed by atoms with E-state index >= 15 is 0 Å². The van der Waals surface area contributed by atoms with Crippen molar-refractivity contribution in [1.82, 2.24) is 0 Å². The second kappa shape index (κ2) is 8.17. The van der Waals surface area contributed by atoms with Gasteiger partial charge in [0.25, 0.3) is 5.91 Å². The summed E-state index contributed by atoms with van der Waals surface area (Å²) < 4.78 is 28.5. The van der Waals surface area contributed by atoms with Crippen LogP contribution in [0.25, 0.3) is 0 Å². The van der Waals surface area contributed by atoms with Crippen molar-refractivity contribution >= 4 is 28.7 Å². The van der Waals surface area contributed by atoms with E-state index in [4.69, 9.17) is 4.99 Å². The number of amides is 1. The third-order valence-electron chi connectivity index (χ3n) is 6.05. The van der Waals surface area contributed by atoms with Crippen LogP contribution >= 0.6 is 0 Å². The standard InChI is InChI=1S/C24H27F2N3O/c1-14-9-17(25)23(18(26)10-14)24(30)28-21-13-20-16(12-22(21)29(2)3)11-19(27-20)15-7-5-4-6-8-15/h9-10,12-13,15H,4-8,11H2,1-3H3,(H,28,30). The minimum Gasteiger partial charge on any atom is -0.376 e. The van der Waals surface area contributed by atoms with E-state index < -0.39 is 23.1 Å². The molecule has 4 nitrogen and oxygen atoms in total. The van der Waals surface area contributed by atoms with Gasteiger partial charge in [-0.1, -0.05) is 19.3 Å². The van der Waals surface area contributed by atoms with Gasteiger partial charge in [0.05, 0.1) is 17.1 Å². The van der Waals surface area contributed by atoms with Crippen molar-refractivity contribution in [3.63, 3.8) is 0 Å². The summed E-state index contributed by atoms with van der Waals surface area (Å²) >= 11 is 0. The van der Waals surface area contributed by atoms with Crippen LogP contribution in [0.3, 0.4) is 0 Å². The minimum absolute atomic E-state index is 0.428. The highest BCUT2D eigenvalue weighted by Crippen LogP contribution is 2.40. The zero-order valence-electron chi connectivity index (χ0n) is 17.7. The summed E-state index contributed by atoms with van der Waals surface area (Å²) in [5, 5.41) is 2.70. The van der Waals surface area contributed by atoms with Crippen LogP contribution in [0.15, 0.2) is 29.3 Å². The maximum absolute atomic E-state index is 14.3. The summed E-state index contributed by atoms with van der Waals surface area (Å²) in [4.78, 5) is 19.5. The highest BCUT2D eigenvalue weighted by atomic mass is 19.1. The molecule has 2 aromatic carbocycles. The maximum atomic E-state index is 14.3. The predicted octanol–water partition coefficient (Wildman–Crippen LogP) is 5.80.